The molecule has 7 heteroatoms. The second-order valence-corrected chi connectivity index (χ2v) is 8.58. The Bertz CT molecular complexity index is 1380. The largest absolute Gasteiger partial charge is 0.495 e. The van der Waals surface area contributed by atoms with Gasteiger partial charge < -0.3 is 19.5 Å². The van der Waals surface area contributed by atoms with Crippen LogP contribution in [0.2, 0.25) is 5.02 Å². The quantitative estimate of drug-likeness (QED) is 0.306. The maximum atomic E-state index is 13.7. The Morgan fingerprint density at radius 3 is 2.08 bits per heavy atom. The maximum Gasteiger partial charge on any atom is 0.319 e. The number of halogens is 1. The molecular weight excluding hydrogens is 478 g/mol. The van der Waals surface area contributed by atoms with E-state index in [4.69, 9.17) is 25.8 Å². The molecular formula is C29H22ClNO5. The van der Waals surface area contributed by atoms with Crippen molar-refractivity contribution < 1.29 is 23.8 Å². The van der Waals surface area contributed by atoms with Crippen LogP contribution < -0.4 is 14.8 Å². The van der Waals surface area contributed by atoms with Gasteiger partial charge in [0.1, 0.15) is 23.2 Å². The number of para-hydroxylation sites is 2. The van der Waals surface area contributed by atoms with Crippen LogP contribution >= 0.6 is 11.6 Å². The van der Waals surface area contributed by atoms with Gasteiger partial charge in [-0.2, -0.15) is 0 Å². The van der Waals surface area contributed by atoms with Crippen molar-refractivity contribution in [3.05, 3.63) is 119 Å². The molecule has 1 aliphatic rings. The molecule has 1 aliphatic heterocycles. The molecule has 36 heavy (non-hydrogen) atoms. The predicted molar refractivity (Wildman–Crippen MR) is 137 cm³/mol. The monoisotopic (exact) mass is 499 g/mol. The summed E-state index contributed by atoms with van der Waals surface area (Å²) in [4.78, 5) is 27.1. The molecule has 0 saturated heterocycles. The van der Waals surface area contributed by atoms with Crippen molar-refractivity contribution in [2.24, 2.45) is 0 Å². The Hall–Kier alpha value is -4.29. The molecule has 1 heterocycles. The fraction of sp³-hybridized carbons (Fsp3) is 0.103. The van der Waals surface area contributed by atoms with Crippen LogP contribution in [0.25, 0.3) is 0 Å². The van der Waals surface area contributed by atoms with Crippen LogP contribution in [0.3, 0.4) is 0 Å². The van der Waals surface area contributed by atoms with Gasteiger partial charge in [0.2, 0.25) is 6.10 Å². The number of nitrogens with one attached hydrogen (secondary N) is 1. The zero-order chi connectivity index (χ0) is 25.1. The number of carbonyl (C=O) groups is 2. The van der Waals surface area contributed by atoms with E-state index < -0.39 is 23.9 Å². The first kappa shape index (κ1) is 23.5. The van der Waals surface area contributed by atoms with Crippen LogP contribution in [0.1, 0.15) is 28.7 Å². The third-order valence-electron chi connectivity index (χ3n) is 5.91. The van der Waals surface area contributed by atoms with Crippen molar-refractivity contribution in [1.82, 2.24) is 0 Å². The van der Waals surface area contributed by atoms with Gasteiger partial charge in [0.25, 0.3) is 5.91 Å². The zero-order valence-electron chi connectivity index (χ0n) is 19.3. The van der Waals surface area contributed by atoms with Crippen molar-refractivity contribution in [2.45, 2.75) is 12.0 Å². The number of fused-ring (bicyclic) bond motifs is 2. The molecule has 4 aromatic carbocycles. The van der Waals surface area contributed by atoms with Crippen molar-refractivity contribution in [3.63, 3.8) is 0 Å². The lowest BCUT2D eigenvalue weighted by Crippen LogP contribution is -2.29. The summed E-state index contributed by atoms with van der Waals surface area (Å²) in [7, 11) is 1.51. The Balaban J connectivity index is 1.47. The van der Waals surface area contributed by atoms with E-state index in [-0.39, 0.29) is 0 Å². The van der Waals surface area contributed by atoms with Crippen molar-refractivity contribution >= 4 is 29.2 Å². The molecule has 1 amide bonds. The second kappa shape index (κ2) is 10.1. The minimum atomic E-state index is -1.19. The molecule has 0 spiro atoms. The molecule has 0 unspecified atom stereocenters. The third kappa shape index (κ3) is 4.63. The van der Waals surface area contributed by atoms with Gasteiger partial charge in [0.15, 0.2) is 0 Å². The minimum absolute atomic E-state index is 0.346. The molecule has 1 atom stereocenters. The molecule has 4 aromatic rings. The van der Waals surface area contributed by atoms with E-state index in [0.29, 0.717) is 44.6 Å². The highest BCUT2D eigenvalue weighted by Crippen LogP contribution is 2.45. The first-order chi connectivity index (χ1) is 17.5. The third-order valence-corrected chi connectivity index (χ3v) is 6.20. The average molecular weight is 500 g/mol. The summed E-state index contributed by atoms with van der Waals surface area (Å²) in [6, 6.07) is 28.4. The van der Waals surface area contributed by atoms with E-state index in [2.05, 4.69) is 5.32 Å². The summed E-state index contributed by atoms with van der Waals surface area (Å²) in [6.45, 7) is 0. The average Bonchev–Trinajstić information content (AvgIpc) is 2.90. The molecule has 0 fully saturated rings. The van der Waals surface area contributed by atoms with Crippen molar-refractivity contribution in [2.75, 3.05) is 12.4 Å². The normalized spacial score (nSPS) is 12.9. The molecule has 0 bridgehead atoms. The Labute approximate surface area is 213 Å². The molecule has 0 aromatic heterocycles. The van der Waals surface area contributed by atoms with Gasteiger partial charge in [-0.15, -0.1) is 0 Å². The number of amides is 1. The molecule has 180 valence electrons. The molecule has 0 aliphatic carbocycles. The number of rotatable bonds is 6. The van der Waals surface area contributed by atoms with Gasteiger partial charge in [-0.05, 0) is 30.3 Å². The van der Waals surface area contributed by atoms with Gasteiger partial charge in [-0.25, -0.2) is 0 Å². The van der Waals surface area contributed by atoms with Gasteiger partial charge in [0, 0.05) is 22.4 Å². The fourth-order valence-corrected chi connectivity index (χ4v) is 4.46. The molecule has 1 N–H and O–H groups in total. The molecule has 6 nitrogen and oxygen atoms in total. The number of benzene rings is 4. The lowest BCUT2D eigenvalue weighted by atomic mass is 9.88. The predicted octanol–water partition coefficient (Wildman–Crippen LogP) is 6.51. The Morgan fingerprint density at radius 1 is 0.861 bits per heavy atom. The smallest absolute Gasteiger partial charge is 0.319 e. The lowest BCUT2D eigenvalue weighted by Gasteiger charge is -2.28. The van der Waals surface area contributed by atoms with Crippen molar-refractivity contribution in [3.8, 4) is 17.2 Å². The summed E-state index contributed by atoms with van der Waals surface area (Å²) < 4.78 is 17.1. The van der Waals surface area contributed by atoms with E-state index in [0.717, 1.165) is 0 Å². The fourth-order valence-electron chi connectivity index (χ4n) is 4.20. The van der Waals surface area contributed by atoms with E-state index in [9.17, 15) is 9.59 Å². The highest BCUT2D eigenvalue weighted by molar-refractivity contribution is 6.32. The van der Waals surface area contributed by atoms with E-state index in [1.54, 1.807) is 54.6 Å². The number of carbonyl (C=O) groups excluding carboxylic acids is 2. The second-order valence-electron chi connectivity index (χ2n) is 8.18. The SMILES string of the molecule is COc1ccc(NC(=O)[C@@H](OC(=O)C2c3ccccc3Oc3ccccc32)c2ccccc2)cc1Cl. The number of esters is 1. The van der Waals surface area contributed by atoms with Gasteiger partial charge in [0.05, 0.1) is 12.1 Å². The van der Waals surface area contributed by atoms with E-state index in [1.165, 1.54) is 7.11 Å². The molecule has 5 rings (SSSR count). The Kier molecular flexibility index (Phi) is 6.60. The maximum absolute atomic E-state index is 13.7. The first-order valence-corrected chi connectivity index (χ1v) is 11.7. The highest BCUT2D eigenvalue weighted by atomic mass is 35.5. The van der Waals surface area contributed by atoms with Crippen LogP contribution in [0.15, 0.2) is 97.1 Å². The summed E-state index contributed by atoms with van der Waals surface area (Å²) in [5.74, 6) is -0.184. The molecule has 0 saturated carbocycles. The summed E-state index contributed by atoms with van der Waals surface area (Å²) in [5.41, 5.74) is 2.34. The van der Waals surface area contributed by atoms with Gasteiger partial charge in [-0.1, -0.05) is 78.3 Å². The van der Waals surface area contributed by atoms with Crippen LogP contribution in [-0.4, -0.2) is 19.0 Å². The summed E-state index contributed by atoms with van der Waals surface area (Å²) in [5, 5.41) is 3.14. The van der Waals surface area contributed by atoms with Crippen LogP contribution in [0.4, 0.5) is 5.69 Å². The van der Waals surface area contributed by atoms with E-state index in [1.807, 2.05) is 42.5 Å². The summed E-state index contributed by atoms with van der Waals surface area (Å²) in [6.07, 6.45) is -1.19. The highest BCUT2D eigenvalue weighted by Gasteiger charge is 2.36. The topological polar surface area (TPSA) is 73.9 Å². The number of methoxy groups -OCH3 is 1. The summed E-state index contributed by atoms with van der Waals surface area (Å²) >= 11 is 6.22. The zero-order valence-corrected chi connectivity index (χ0v) is 20.1. The first-order valence-electron chi connectivity index (χ1n) is 11.3. The number of ether oxygens (including phenoxy) is 3. The van der Waals surface area contributed by atoms with Gasteiger partial charge >= 0.3 is 5.97 Å². The lowest BCUT2D eigenvalue weighted by molar-refractivity contribution is -0.155. The number of anilines is 1. The standard InChI is InChI=1S/C29H22ClNO5/c1-34-25-16-15-19(17-22(25)30)31-28(32)27(18-9-3-2-4-10-18)36-29(33)26-20-11-5-7-13-23(20)35-24-14-8-6-12-21(24)26/h2-17,26-27H,1H3,(H,31,32)/t27-/m0/s1. The van der Waals surface area contributed by atoms with E-state index >= 15 is 0 Å². The van der Waals surface area contributed by atoms with Crippen LogP contribution in [0, 0.1) is 0 Å². The van der Waals surface area contributed by atoms with Gasteiger partial charge in [-0.3, -0.25) is 9.59 Å². The minimum Gasteiger partial charge on any atom is -0.495 e. The Morgan fingerprint density at radius 2 is 1.47 bits per heavy atom. The number of hydrogen-bond acceptors (Lipinski definition) is 5. The molecule has 0 radical (unpaired) electrons. The number of hydrogen-bond donors (Lipinski definition) is 1. The van der Waals surface area contributed by atoms with Crippen LogP contribution in [-0.2, 0) is 14.3 Å². The van der Waals surface area contributed by atoms with Crippen LogP contribution in [0.5, 0.6) is 17.2 Å². The van der Waals surface area contributed by atoms with Crippen molar-refractivity contribution in [1.29, 1.82) is 0 Å².